The van der Waals surface area contributed by atoms with Crippen LogP contribution in [0.15, 0.2) is 64.1 Å². The van der Waals surface area contributed by atoms with Gasteiger partial charge in [-0.25, -0.2) is 8.42 Å². The summed E-state index contributed by atoms with van der Waals surface area (Å²) in [5, 5.41) is 3.26. The summed E-state index contributed by atoms with van der Waals surface area (Å²) in [5.74, 6) is 0.377. The van der Waals surface area contributed by atoms with Crippen LogP contribution in [-0.4, -0.2) is 31.7 Å². The molecule has 3 rings (SSSR count). The van der Waals surface area contributed by atoms with Crippen LogP contribution >= 0.6 is 11.6 Å². The van der Waals surface area contributed by atoms with Crippen molar-refractivity contribution in [1.29, 1.82) is 0 Å². The average Bonchev–Trinajstić information content (AvgIpc) is 3.17. The van der Waals surface area contributed by atoms with Crippen LogP contribution < -0.4 is 10.1 Å². The highest BCUT2D eigenvalue weighted by Crippen LogP contribution is 2.33. The predicted molar refractivity (Wildman–Crippen MR) is 119 cm³/mol. The fourth-order valence-corrected chi connectivity index (χ4v) is 4.59. The summed E-state index contributed by atoms with van der Waals surface area (Å²) in [7, 11) is -3.73. The van der Waals surface area contributed by atoms with Crippen molar-refractivity contribution in [1.82, 2.24) is 4.31 Å². The molecule has 7 nitrogen and oxygen atoms in total. The number of halogens is 1. The van der Waals surface area contributed by atoms with Gasteiger partial charge in [-0.3, -0.25) is 4.79 Å². The van der Waals surface area contributed by atoms with E-state index in [1.165, 1.54) is 28.8 Å². The average molecular weight is 463 g/mol. The highest BCUT2D eigenvalue weighted by atomic mass is 35.5. The summed E-state index contributed by atoms with van der Waals surface area (Å²) in [6.45, 7) is 5.93. The lowest BCUT2D eigenvalue weighted by Crippen LogP contribution is -2.30. The molecule has 31 heavy (non-hydrogen) atoms. The van der Waals surface area contributed by atoms with Crippen LogP contribution in [0.3, 0.4) is 0 Å². The zero-order valence-corrected chi connectivity index (χ0v) is 19.0. The first-order valence-electron chi connectivity index (χ1n) is 9.69. The van der Waals surface area contributed by atoms with Gasteiger partial charge >= 0.3 is 0 Å². The van der Waals surface area contributed by atoms with Crippen molar-refractivity contribution in [2.45, 2.75) is 25.7 Å². The number of nitrogens with zero attached hydrogens (tertiary/aromatic N) is 1. The molecule has 0 aliphatic carbocycles. The number of rotatable bonds is 8. The Morgan fingerprint density at radius 2 is 1.77 bits per heavy atom. The maximum absolute atomic E-state index is 13.0. The number of anilines is 1. The van der Waals surface area contributed by atoms with Crippen molar-refractivity contribution in [2.24, 2.45) is 0 Å². The lowest BCUT2D eigenvalue weighted by molar-refractivity contribution is 0.0995. The van der Waals surface area contributed by atoms with Crippen LogP contribution in [0.2, 0.25) is 5.02 Å². The molecule has 0 fully saturated rings. The molecule has 0 unspecified atom stereocenters. The van der Waals surface area contributed by atoms with E-state index in [0.717, 1.165) is 0 Å². The highest BCUT2D eigenvalue weighted by Gasteiger charge is 2.24. The van der Waals surface area contributed by atoms with Crippen LogP contribution in [0.4, 0.5) is 5.69 Å². The van der Waals surface area contributed by atoms with Gasteiger partial charge in [0.1, 0.15) is 5.75 Å². The monoisotopic (exact) mass is 462 g/mol. The molecule has 1 amide bonds. The van der Waals surface area contributed by atoms with Gasteiger partial charge in [-0.05, 0) is 55.5 Å². The lowest BCUT2D eigenvalue weighted by Gasteiger charge is -2.20. The Hall–Kier alpha value is -2.81. The number of carbonyl (C=O) groups is 1. The van der Waals surface area contributed by atoms with Gasteiger partial charge in [0.25, 0.3) is 5.91 Å². The Morgan fingerprint density at radius 3 is 2.35 bits per heavy atom. The second-order valence-corrected chi connectivity index (χ2v) is 9.06. The third-order valence-corrected chi connectivity index (χ3v) is 6.95. The molecule has 0 spiro atoms. The van der Waals surface area contributed by atoms with Gasteiger partial charge in [-0.15, -0.1) is 0 Å². The highest BCUT2D eigenvalue weighted by molar-refractivity contribution is 7.89. The Labute approximate surface area is 186 Å². The number of carbonyl (C=O) groups excluding carboxylic acids is 1. The first kappa shape index (κ1) is 22.9. The molecule has 2 aromatic carbocycles. The maximum Gasteiger partial charge on any atom is 0.291 e. The van der Waals surface area contributed by atoms with Crippen LogP contribution in [0, 0.1) is 6.92 Å². The van der Waals surface area contributed by atoms with E-state index in [1.54, 1.807) is 51.1 Å². The summed E-state index contributed by atoms with van der Waals surface area (Å²) < 4.78 is 38.4. The molecule has 0 aliphatic heterocycles. The Bertz CT molecular complexity index is 1170. The molecule has 3 aromatic rings. The Morgan fingerprint density at radius 1 is 1.10 bits per heavy atom. The number of sulfonamides is 1. The second-order valence-electron chi connectivity index (χ2n) is 6.69. The SMILES string of the molecule is CCN(CC)S(=O)(=O)c1ccc(Oc2ccc(Cl)cc2)c(NC(=O)c2occc2C)c1. The normalized spacial score (nSPS) is 11.5. The quantitative estimate of drug-likeness (QED) is 0.489. The fourth-order valence-electron chi connectivity index (χ4n) is 2.98. The Kier molecular flexibility index (Phi) is 7.04. The summed E-state index contributed by atoms with van der Waals surface area (Å²) in [5.41, 5.74) is 0.855. The third-order valence-electron chi connectivity index (χ3n) is 4.65. The number of hydrogen-bond donors (Lipinski definition) is 1. The minimum absolute atomic E-state index is 0.0473. The number of benzene rings is 2. The van der Waals surface area contributed by atoms with Gasteiger partial charge < -0.3 is 14.5 Å². The lowest BCUT2D eigenvalue weighted by atomic mass is 10.2. The van der Waals surface area contributed by atoms with Crippen molar-refractivity contribution >= 4 is 33.2 Å². The number of aryl methyl sites for hydroxylation is 1. The van der Waals surface area contributed by atoms with Gasteiger partial charge in [0.15, 0.2) is 11.5 Å². The van der Waals surface area contributed by atoms with E-state index in [-0.39, 0.29) is 22.1 Å². The molecular weight excluding hydrogens is 440 g/mol. The summed E-state index contributed by atoms with van der Waals surface area (Å²) in [4.78, 5) is 12.8. The molecule has 1 N–H and O–H groups in total. The molecule has 0 atom stereocenters. The zero-order chi connectivity index (χ0) is 22.6. The van der Waals surface area contributed by atoms with E-state index in [2.05, 4.69) is 5.32 Å². The zero-order valence-electron chi connectivity index (χ0n) is 17.4. The van der Waals surface area contributed by atoms with Gasteiger partial charge in [0.2, 0.25) is 10.0 Å². The van der Waals surface area contributed by atoms with E-state index < -0.39 is 15.9 Å². The molecule has 0 bridgehead atoms. The minimum atomic E-state index is -3.73. The van der Waals surface area contributed by atoms with E-state index in [4.69, 9.17) is 20.8 Å². The molecule has 0 saturated carbocycles. The molecule has 164 valence electrons. The summed E-state index contributed by atoms with van der Waals surface area (Å²) in [6.07, 6.45) is 1.41. The van der Waals surface area contributed by atoms with Crippen molar-refractivity contribution < 1.29 is 22.4 Å². The number of ether oxygens (including phenoxy) is 1. The van der Waals surface area contributed by atoms with Crippen LogP contribution in [0.25, 0.3) is 0 Å². The minimum Gasteiger partial charge on any atom is -0.459 e. The topological polar surface area (TPSA) is 88.9 Å². The first-order valence-corrected chi connectivity index (χ1v) is 11.5. The maximum atomic E-state index is 13.0. The molecular formula is C22H23ClN2O5S. The molecule has 9 heteroatoms. The number of amides is 1. The summed E-state index contributed by atoms with van der Waals surface area (Å²) in [6, 6.07) is 12.7. The van der Waals surface area contributed by atoms with Crippen LogP contribution in [0.1, 0.15) is 30.0 Å². The van der Waals surface area contributed by atoms with Gasteiger partial charge in [-0.1, -0.05) is 25.4 Å². The van der Waals surface area contributed by atoms with E-state index in [1.807, 2.05) is 0 Å². The van der Waals surface area contributed by atoms with Gasteiger partial charge in [0, 0.05) is 23.7 Å². The third kappa shape index (κ3) is 5.10. The van der Waals surface area contributed by atoms with E-state index in [0.29, 0.717) is 29.4 Å². The van der Waals surface area contributed by atoms with E-state index in [9.17, 15) is 13.2 Å². The molecule has 0 aliphatic rings. The van der Waals surface area contributed by atoms with Crippen molar-refractivity contribution in [2.75, 3.05) is 18.4 Å². The Balaban J connectivity index is 2.02. The van der Waals surface area contributed by atoms with Crippen LogP contribution in [-0.2, 0) is 10.0 Å². The van der Waals surface area contributed by atoms with Gasteiger partial charge in [0.05, 0.1) is 16.8 Å². The number of hydrogen-bond acceptors (Lipinski definition) is 5. The largest absolute Gasteiger partial charge is 0.459 e. The van der Waals surface area contributed by atoms with E-state index >= 15 is 0 Å². The number of nitrogens with one attached hydrogen (secondary N) is 1. The fraction of sp³-hybridized carbons (Fsp3) is 0.227. The summed E-state index contributed by atoms with van der Waals surface area (Å²) >= 11 is 5.92. The predicted octanol–water partition coefficient (Wildman–Crippen LogP) is 5.32. The molecule has 1 aromatic heterocycles. The van der Waals surface area contributed by atoms with Crippen LogP contribution in [0.5, 0.6) is 11.5 Å². The second kappa shape index (κ2) is 9.55. The van der Waals surface area contributed by atoms with Gasteiger partial charge in [-0.2, -0.15) is 4.31 Å². The van der Waals surface area contributed by atoms with Crippen molar-refractivity contribution in [3.63, 3.8) is 0 Å². The molecule has 0 radical (unpaired) electrons. The van der Waals surface area contributed by atoms with Crippen molar-refractivity contribution in [3.05, 3.63) is 71.1 Å². The number of furan rings is 1. The standard InChI is InChI=1S/C22H23ClN2O5S/c1-4-25(5-2)31(27,28)18-10-11-20(30-17-8-6-16(23)7-9-17)19(14-18)24-22(26)21-15(3)12-13-29-21/h6-14H,4-5H2,1-3H3,(H,24,26). The molecule has 0 saturated heterocycles. The first-order chi connectivity index (χ1) is 14.8. The molecule has 1 heterocycles. The van der Waals surface area contributed by atoms with Crippen molar-refractivity contribution in [3.8, 4) is 11.5 Å². The smallest absolute Gasteiger partial charge is 0.291 e.